The zero-order valence-corrected chi connectivity index (χ0v) is 15.5. The van der Waals surface area contributed by atoms with Crippen LogP contribution in [0.1, 0.15) is 5.69 Å². The molecule has 0 unspecified atom stereocenters. The molecule has 0 bridgehead atoms. The molecule has 3 heterocycles. The van der Waals surface area contributed by atoms with Crippen molar-refractivity contribution in [2.24, 2.45) is 14.1 Å². The number of H-pyrrole nitrogens is 1. The Morgan fingerprint density at radius 1 is 1.07 bits per heavy atom. The largest absolute Gasteiger partial charge is 0.328 e. The van der Waals surface area contributed by atoms with Crippen molar-refractivity contribution >= 4 is 26.7 Å². The summed E-state index contributed by atoms with van der Waals surface area (Å²) in [6.07, 6.45) is 2.83. The number of aryl methyl sites for hydroxylation is 3. The molecular formula is C15H16N8O3S. The summed E-state index contributed by atoms with van der Waals surface area (Å²) in [6, 6.07) is 4.53. The number of fused-ring (bicyclic) bond motifs is 1. The lowest BCUT2D eigenvalue weighted by atomic mass is 10.3. The van der Waals surface area contributed by atoms with Gasteiger partial charge in [0.05, 0.1) is 21.6 Å². The van der Waals surface area contributed by atoms with E-state index in [-0.39, 0.29) is 16.3 Å². The number of nitrogens with one attached hydrogen (secondary N) is 2. The lowest BCUT2D eigenvalue weighted by Gasteiger charge is -2.10. The summed E-state index contributed by atoms with van der Waals surface area (Å²) in [7, 11) is -0.688. The molecule has 12 heteroatoms. The van der Waals surface area contributed by atoms with Crippen LogP contribution in [0.3, 0.4) is 0 Å². The monoisotopic (exact) mass is 388 g/mol. The van der Waals surface area contributed by atoms with Crippen molar-refractivity contribution in [1.82, 2.24) is 34.1 Å². The van der Waals surface area contributed by atoms with E-state index in [2.05, 4.69) is 25.1 Å². The first-order valence-electron chi connectivity index (χ1n) is 7.88. The molecule has 0 saturated heterocycles. The van der Waals surface area contributed by atoms with E-state index in [4.69, 9.17) is 0 Å². The Kier molecular flexibility index (Phi) is 3.66. The molecule has 0 amide bonds. The maximum Gasteiger partial charge on any atom is 0.328 e. The molecule has 0 atom stereocenters. The molecule has 2 N–H and O–H groups in total. The molecule has 4 aromatic rings. The lowest BCUT2D eigenvalue weighted by molar-refractivity contribution is 0.601. The van der Waals surface area contributed by atoms with Crippen molar-refractivity contribution in [3.63, 3.8) is 0 Å². The van der Waals surface area contributed by atoms with E-state index in [9.17, 15) is 13.2 Å². The van der Waals surface area contributed by atoms with Gasteiger partial charge in [-0.05, 0) is 25.1 Å². The summed E-state index contributed by atoms with van der Waals surface area (Å²) >= 11 is 0. The first-order chi connectivity index (χ1) is 12.8. The number of aromatic amines is 1. The number of imidazole rings is 1. The van der Waals surface area contributed by atoms with Gasteiger partial charge in [-0.3, -0.25) is 23.5 Å². The van der Waals surface area contributed by atoms with E-state index in [0.717, 1.165) is 0 Å². The van der Waals surface area contributed by atoms with Crippen molar-refractivity contribution in [2.75, 3.05) is 4.72 Å². The highest BCUT2D eigenvalue weighted by Crippen LogP contribution is 2.26. The van der Waals surface area contributed by atoms with Gasteiger partial charge in [-0.15, -0.1) is 10.2 Å². The van der Waals surface area contributed by atoms with Gasteiger partial charge in [-0.2, -0.15) is 5.10 Å². The summed E-state index contributed by atoms with van der Waals surface area (Å²) < 4.78 is 32.8. The van der Waals surface area contributed by atoms with Crippen LogP contribution in [0.25, 0.3) is 16.9 Å². The van der Waals surface area contributed by atoms with E-state index in [1.54, 1.807) is 27.1 Å². The van der Waals surface area contributed by atoms with Crippen LogP contribution >= 0.6 is 0 Å². The first kappa shape index (κ1) is 17.0. The zero-order chi connectivity index (χ0) is 19.3. The Balaban J connectivity index is 1.80. The predicted molar refractivity (Wildman–Crippen MR) is 97.2 cm³/mol. The third kappa shape index (κ3) is 2.61. The smallest absolute Gasteiger partial charge is 0.295 e. The Labute approximate surface area is 153 Å². The van der Waals surface area contributed by atoms with Gasteiger partial charge in [0.25, 0.3) is 10.0 Å². The molecule has 0 spiro atoms. The second kappa shape index (κ2) is 5.81. The number of rotatable bonds is 4. The van der Waals surface area contributed by atoms with Crippen LogP contribution in [0.4, 0.5) is 5.69 Å². The number of nitrogens with zero attached hydrogens (tertiary/aromatic N) is 6. The molecule has 0 fully saturated rings. The Bertz CT molecular complexity index is 1310. The highest BCUT2D eigenvalue weighted by atomic mass is 32.2. The molecule has 0 saturated carbocycles. The fraction of sp³-hybridized carbons (Fsp3) is 0.200. The topological polar surface area (TPSA) is 132 Å². The molecule has 11 nitrogen and oxygen atoms in total. The average Bonchev–Trinajstić information content (AvgIpc) is 3.33. The quantitative estimate of drug-likeness (QED) is 0.516. The van der Waals surface area contributed by atoms with Crippen molar-refractivity contribution in [3.8, 4) is 5.82 Å². The number of hydrogen-bond acceptors (Lipinski definition) is 6. The minimum Gasteiger partial charge on any atom is -0.295 e. The van der Waals surface area contributed by atoms with Gasteiger partial charge >= 0.3 is 5.69 Å². The maximum atomic E-state index is 12.9. The van der Waals surface area contributed by atoms with E-state index in [1.165, 1.54) is 38.5 Å². The van der Waals surface area contributed by atoms with Crippen molar-refractivity contribution in [2.45, 2.75) is 11.8 Å². The normalized spacial score (nSPS) is 12.0. The number of benzene rings is 1. The van der Waals surface area contributed by atoms with Gasteiger partial charge in [0, 0.05) is 14.1 Å². The second-order valence-electron chi connectivity index (χ2n) is 6.07. The first-order valence-corrected chi connectivity index (χ1v) is 9.36. The summed E-state index contributed by atoms with van der Waals surface area (Å²) in [4.78, 5) is 12.1. The molecule has 140 valence electrons. The Hall–Kier alpha value is -3.41. The number of anilines is 1. The summed E-state index contributed by atoms with van der Waals surface area (Å²) in [5.74, 6) is 0.328. The van der Waals surface area contributed by atoms with Crippen LogP contribution in [0, 0.1) is 6.92 Å². The van der Waals surface area contributed by atoms with Gasteiger partial charge < -0.3 is 0 Å². The van der Waals surface area contributed by atoms with Gasteiger partial charge in [-0.25, -0.2) is 13.2 Å². The van der Waals surface area contributed by atoms with Crippen LogP contribution in [0.2, 0.25) is 0 Å². The van der Waals surface area contributed by atoms with Crippen molar-refractivity contribution in [1.29, 1.82) is 0 Å². The van der Waals surface area contributed by atoms with Gasteiger partial charge in [0.15, 0.2) is 5.82 Å². The molecule has 0 aliphatic rings. The third-order valence-corrected chi connectivity index (χ3v) is 5.73. The number of hydrogen-bond donors (Lipinski definition) is 2. The van der Waals surface area contributed by atoms with E-state index in [0.29, 0.717) is 22.5 Å². The second-order valence-corrected chi connectivity index (χ2v) is 7.76. The minimum atomic E-state index is -3.92. The van der Waals surface area contributed by atoms with Crippen LogP contribution in [0.5, 0.6) is 0 Å². The number of sulfonamides is 1. The molecule has 4 rings (SSSR count). The molecule has 0 aliphatic carbocycles. The van der Waals surface area contributed by atoms with Crippen molar-refractivity contribution < 1.29 is 8.42 Å². The van der Waals surface area contributed by atoms with Gasteiger partial charge in [0.1, 0.15) is 18.3 Å². The summed E-state index contributed by atoms with van der Waals surface area (Å²) in [5.41, 5.74) is 1.76. The Morgan fingerprint density at radius 2 is 1.74 bits per heavy atom. The van der Waals surface area contributed by atoms with E-state index >= 15 is 0 Å². The lowest BCUT2D eigenvalue weighted by Crippen LogP contribution is -2.19. The SMILES string of the molecule is Cc1[nH]nc(-n2cnnc2)c1NS(=O)(=O)c1ccc2c(c1)n(C)c(=O)n2C. The maximum absolute atomic E-state index is 12.9. The van der Waals surface area contributed by atoms with Gasteiger partial charge in [0.2, 0.25) is 0 Å². The molecule has 3 aromatic heterocycles. The van der Waals surface area contributed by atoms with Crippen LogP contribution in [0.15, 0.2) is 40.5 Å². The molecule has 0 aliphatic heterocycles. The number of aromatic nitrogens is 7. The summed E-state index contributed by atoms with van der Waals surface area (Å²) in [5, 5.41) is 14.3. The highest BCUT2D eigenvalue weighted by molar-refractivity contribution is 7.92. The highest BCUT2D eigenvalue weighted by Gasteiger charge is 2.22. The van der Waals surface area contributed by atoms with Crippen molar-refractivity contribution in [3.05, 3.63) is 47.0 Å². The zero-order valence-electron chi connectivity index (χ0n) is 14.7. The third-order valence-electron chi connectivity index (χ3n) is 4.38. The fourth-order valence-corrected chi connectivity index (χ4v) is 4.03. The van der Waals surface area contributed by atoms with E-state index in [1.807, 2.05) is 0 Å². The molecule has 27 heavy (non-hydrogen) atoms. The van der Waals surface area contributed by atoms with E-state index < -0.39 is 10.0 Å². The fourth-order valence-electron chi connectivity index (χ4n) is 2.88. The predicted octanol–water partition coefficient (Wildman–Crippen LogP) is 0.290. The minimum absolute atomic E-state index is 0.0338. The molecule has 0 radical (unpaired) electrons. The Morgan fingerprint density at radius 3 is 2.44 bits per heavy atom. The van der Waals surface area contributed by atoms with Crippen LogP contribution in [-0.2, 0) is 24.1 Å². The molecule has 1 aromatic carbocycles. The standard InChI is InChI=1S/C15H16N8O3S/c1-9-13(14(19-18-9)23-7-16-17-8-23)20-27(25,26)10-4-5-11-12(6-10)22(3)15(24)21(11)2/h4-8,20H,1-3H3,(H,18,19). The van der Waals surface area contributed by atoms with Gasteiger partial charge in [-0.1, -0.05) is 0 Å². The average molecular weight is 388 g/mol. The van der Waals surface area contributed by atoms with Crippen LogP contribution in [-0.4, -0.2) is 42.5 Å². The molecular weight excluding hydrogens is 372 g/mol. The van der Waals surface area contributed by atoms with Crippen LogP contribution < -0.4 is 10.4 Å². The summed E-state index contributed by atoms with van der Waals surface area (Å²) in [6.45, 7) is 1.70.